The fourth-order valence-corrected chi connectivity index (χ4v) is 3.27. The SMILES string of the molecule is Cc1ccnc(Nc2nc(-c3cn[nH]c3C(O)c3ccccc3)cs2)n1. The topological polar surface area (TPSA) is 99.6 Å². The van der Waals surface area contributed by atoms with Gasteiger partial charge in [0.1, 0.15) is 6.10 Å². The Labute approximate surface area is 153 Å². The van der Waals surface area contributed by atoms with Crippen LogP contribution in [0.4, 0.5) is 11.1 Å². The monoisotopic (exact) mass is 364 g/mol. The van der Waals surface area contributed by atoms with E-state index in [0.717, 1.165) is 22.5 Å². The highest BCUT2D eigenvalue weighted by molar-refractivity contribution is 7.14. The van der Waals surface area contributed by atoms with Gasteiger partial charge in [-0.2, -0.15) is 5.10 Å². The van der Waals surface area contributed by atoms with Crippen LogP contribution in [0.25, 0.3) is 11.3 Å². The number of thiazole rings is 1. The lowest BCUT2D eigenvalue weighted by Crippen LogP contribution is -2.02. The molecule has 3 aromatic heterocycles. The number of nitrogens with one attached hydrogen (secondary N) is 2. The second-order valence-corrected chi connectivity index (χ2v) is 6.55. The zero-order valence-corrected chi connectivity index (χ0v) is 14.7. The second kappa shape index (κ2) is 7.03. The van der Waals surface area contributed by atoms with Gasteiger partial charge in [0.25, 0.3) is 0 Å². The predicted molar refractivity (Wildman–Crippen MR) is 100 cm³/mol. The van der Waals surface area contributed by atoms with Gasteiger partial charge in [0, 0.05) is 22.8 Å². The van der Waals surface area contributed by atoms with Crippen molar-refractivity contribution in [2.24, 2.45) is 0 Å². The molecule has 0 aliphatic carbocycles. The maximum absolute atomic E-state index is 10.7. The van der Waals surface area contributed by atoms with Crippen molar-refractivity contribution < 1.29 is 5.11 Å². The summed E-state index contributed by atoms with van der Waals surface area (Å²) in [7, 11) is 0. The third-order valence-corrected chi connectivity index (χ3v) is 4.61. The van der Waals surface area contributed by atoms with Crippen LogP contribution in [0.1, 0.15) is 23.1 Å². The average molecular weight is 364 g/mol. The van der Waals surface area contributed by atoms with Crippen LogP contribution in [0.5, 0.6) is 0 Å². The van der Waals surface area contributed by atoms with Gasteiger partial charge < -0.3 is 10.4 Å². The van der Waals surface area contributed by atoms with Crippen LogP contribution in [0.2, 0.25) is 0 Å². The maximum atomic E-state index is 10.7. The number of aryl methyl sites for hydroxylation is 1. The summed E-state index contributed by atoms with van der Waals surface area (Å²) in [4.78, 5) is 13.1. The minimum atomic E-state index is -0.799. The van der Waals surface area contributed by atoms with E-state index in [0.29, 0.717) is 16.8 Å². The first-order chi connectivity index (χ1) is 12.7. The summed E-state index contributed by atoms with van der Waals surface area (Å²) in [6.45, 7) is 1.91. The number of aromatic nitrogens is 5. The third-order valence-electron chi connectivity index (χ3n) is 3.85. The largest absolute Gasteiger partial charge is 0.382 e. The molecule has 1 unspecified atom stereocenters. The lowest BCUT2D eigenvalue weighted by Gasteiger charge is -2.10. The molecule has 7 nitrogen and oxygen atoms in total. The summed E-state index contributed by atoms with van der Waals surface area (Å²) >= 11 is 1.44. The maximum Gasteiger partial charge on any atom is 0.229 e. The lowest BCUT2D eigenvalue weighted by atomic mass is 10.0. The van der Waals surface area contributed by atoms with Crippen LogP contribution in [0, 0.1) is 6.92 Å². The van der Waals surface area contributed by atoms with E-state index in [2.05, 4.69) is 30.5 Å². The number of hydrogen-bond donors (Lipinski definition) is 3. The van der Waals surface area contributed by atoms with Crippen molar-refractivity contribution in [2.75, 3.05) is 5.32 Å². The Balaban J connectivity index is 1.60. The third kappa shape index (κ3) is 3.32. The van der Waals surface area contributed by atoms with Gasteiger partial charge in [-0.05, 0) is 18.6 Å². The van der Waals surface area contributed by atoms with Gasteiger partial charge in [-0.25, -0.2) is 15.0 Å². The fourth-order valence-electron chi connectivity index (χ4n) is 2.57. The molecule has 3 heterocycles. The molecule has 8 heteroatoms. The van der Waals surface area contributed by atoms with Gasteiger partial charge in [-0.3, -0.25) is 5.10 Å². The van der Waals surface area contributed by atoms with E-state index in [1.807, 2.05) is 48.7 Å². The molecule has 0 saturated carbocycles. The van der Waals surface area contributed by atoms with Crippen molar-refractivity contribution in [2.45, 2.75) is 13.0 Å². The molecule has 0 amide bonds. The van der Waals surface area contributed by atoms with Crippen LogP contribution >= 0.6 is 11.3 Å². The van der Waals surface area contributed by atoms with E-state index >= 15 is 0 Å². The fraction of sp³-hybridized carbons (Fsp3) is 0.111. The number of benzene rings is 1. The second-order valence-electron chi connectivity index (χ2n) is 5.70. The Hall–Kier alpha value is -3.10. The number of aromatic amines is 1. The first kappa shape index (κ1) is 16.4. The van der Waals surface area contributed by atoms with Crippen molar-refractivity contribution in [1.82, 2.24) is 25.1 Å². The van der Waals surface area contributed by atoms with Crippen LogP contribution in [0.3, 0.4) is 0 Å². The van der Waals surface area contributed by atoms with Crippen LogP contribution in [-0.2, 0) is 0 Å². The molecule has 1 aromatic carbocycles. The van der Waals surface area contributed by atoms with E-state index < -0.39 is 6.10 Å². The summed E-state index contributed by atoms with van der Waals surface area (Å²) in [5.74, 6) is 0.502. The van der Waals surface area contributed by atoms with E-state index in [9.17, 15) is 5.11 Å². The Morgan fingerprint density at radius 1 is 1.15 bits per heavy atom. The lowest BCUT2D eigenvalue weighted by molar-refractivity contribution is 0.216. The molecule has 0 spiro atoms. The van der Waals surface area contributed by atoms with Crippen molar-refractivity contribution >= 4 is 22.4 Å². The molecular formula is C18H16N6OS. The molecule has 3 N–H and O–H groups in total. The molecule has 0 aliphatic heterocycles. The van der Waals surface area contributed by atoms with Crippen LogP contribution in [-0.4, -0.2) is 30.3 Å². The summed E-state index contributed by atoms with van der Waals surface area (Å²) in [6, 6.07) is 11.3. The van der Waals surface area contributed by atoms with Crippen molar-refractivity contribution in [3.05, 3.63) is 71.1 Å². The van der Waals surface area contributed by atoms with Crippen LogP contribution < -0.4 is 5.32 Å². The number of rotatable bonds is 5. The quantitative estimate of drug-likeness (QED) is 0.501. The number of hydrogen-bond acceptors (Lipinski definition) is 7. The van der Waals surface area contributed by atoms with E-state index in [1.165, 1.54) is 11.3 Å². The first-order valence-electron chi connectivity index (χ1n) is 7.99. The molecule has 0 fully saturated rings. The minimum Gasteiger partial charge on any atom is -0.382 e. The molecular weight excluding hydrogens is 348 g/mol. The first-order valence-corrected chi connectivity index (χ1v) is 8.87. The number of nitrogens with zero attached hydrogens (tertiary/aromatic N) is 4. The van der Waals surface area contributed by atoms with Crippen molar-refractivity contribution in [3.8, 4) is 11.3 Å². The Morgan fingerprint density at radius 3 is 2.81 bits per heavy atom. The molecule has 4 rings (SSSR count). The standard InChI is InChI=1S/C18H16N6OS/c1-11-7-8-19-17(21-11)23-18-22-14(10-26-18)13-9-20-24-15(13)16(25)12-5-3-2-4-6-12/h2-10,16,25H,1H3,(H,20,24)(H,19,21,22,23). The van der Waals surface area contributed by atoms with Gasteiger partial charge in [-0.1, -0.05) is 30.3 Å². The zero-order valence-electron chi connectivity index (χ0n) is 13.9. The van der Waals surface area contributed by atoms with Gasteiger partial charge in [0.15, 0.2) is 5.13 Å². The summed E-state index contributed by atoms with van der Waals surface area (Å²) in [5.41, 5.74) is 3.77. The summed E-state index contributed by atoms with van der Waals surface area (Å²) in [6.07, 6.45) is 2.57. The number of aliphatic hydroxyl groups is 1. The Kier molecular flexibility index (Phi) is 4.42. The number of anilines is 2. The minimum absolute atomic E-state index is 0.502. The predicted octanol–water partition coefficient (Wildman–Crippen LogP) is 3.46. The normalized spacial score (nSPS) is 12.1. The smallest absolute Gasteiger partial charge is 0.229 e. The average Bonchev–Trinajstić information content (AvgIpc) is 3.31. The molecule has 4 aromatic rings. The molecule has 0 saturated heterocycles. The molecule has 0 radical (unpaired) electrons. The van der Waals surface area contributed by atoms with Crippen molar-refractivity contribution in [1.29, 1.82) is 0 Å². The van der Waals surface area contributed by atoms with E-state index in [1.54, 1.807) is 12.4 Å². The number of aliphatic hydroxyl groups excluding tert-OH is 1. The summed E-state index contributed by atoms with van der Waals surface area (Å²) < 4.78 is 0. The van der Waals surface area contributed by atoms with Gasteiger partial charge in [0.05, 0.1) is 17.6 Å². The molecule has 1 atom stereocenters. The molecule has 0 aliphatic rings. The summed E-state index contributed by atoms with van der Waals surface area (Å²) in [5, 5.41) is 23.3. The highest BCUT2D eigenvalue weighted by Gasteiger charge is 2.19. The highest BCUT2D eigenvalue weighted by atomic mass is 32.1. The Bertz CT molecular complexity index is 1010. The molecule has 26 heavy (non-hydrogen) atoms. The number of H-pyrrole nitrogens is 1. The van der Waals surface area contributed by atoms with E-state index in [-0.39, 0.29) is 0 Å². The van der Waals surface area contributed by atoms with Crippen molar-refractivity contribution in [3.63, 3.8) is 0 Å². The van der Waals surface area contributed by atoms with E-state index in [4.69, 9.17) is 0 Å². The van der Waals surface area contributed by atoms with Crippen LogP contribution in [0.15, 0.2) is 54.2 Å². The molecule has 130 valence electrons. The van der Waals surface area contributed by atoms with Gasteiger partial charge in [0.2, 0.25) is 5.95 Å². The molecule has 0 bridgehead atoms. The highest BCUT2D eigenvalue weighted by Crippen LogP contribution is 2.32. The van der Waals surface area contributed by atoms with Gasteiger partial charge >= 0.3 is 0 Å². The zero-order chi connectivity index (χ0) is 17.9. The Morgan fingerprint density at radius 2 is 2.00 bits per heavy atom. The van der Waals surface area contributed by atoms with Gasteiger partial charge in [-0.15, -0.1) is 11.3 Å².